The normalized spacial score (nSPS) is 11.2. The van der Waals surface area contributed by atoms with E-state index in [0.717, 1.165) is 23.0 Å². The van der Waals surface area contributed by atoms with E-state index in [-0.39, 0.29) is 0 Å². The topological polar surface area (TPSA) is 43.4 Å². The molecule has 0 amide bonds. The zero-order chi connectivity index (χ0) is 25.0. The van der Waals surface area contributed by atoms with Gasteiger partial charge in [0, 0.05) is 13.1 Å². The number of hydrogen-bond donors (Lipinski definition) is 0. The maximum Gasteiger partial charge on any atom is 0.399 e. The highest BCUT2D eigenvalue weighted by molar-refractivity contribution is 7.48. The lowest BCUT2D eigenvalue weighted by atomic mass is 10.3. The van der Waals surface area contributed by atoms with Crippen LogP contribution in [0, 0.1) is 0 Å². The van der Waals surface area contributed by atoms with E-state index in [1.807, 2.05) is 121 Å². The molecule has 0 N–H and O–H groups in total. The van der Waals surface area contributed by atoms with Crippen molar-refractivity contribution in [3.63, 3.8) is 0 Å². The largest absolute Gasteiger partial charge is 0.426 e. The Labute approximate surface area is 215 Å². The van der Waals surface area contributed by atoms with Gasteiger partial charge in [0.1, 0.15) is 23.0 Å². The molecule has 6 nitrogen and oxygen atoms in total. The molecule has 0 radical (unpaired) electrons. The number of benzene rings is 4. The Morgan fingerprint density at radius 3 is 0.833 bits per heavy atom. The third-order valence-electron chi connectivity index (χ3n) is 4.92. The Kier molecular flexibility index (Phi) is 9.96. The fraction of sp³-hybridized carbons (Fsp3) is 0.143. The molecule has 0 heterocycles. The van der Waals surface area contributed by atoms with Gasteiger partial charge in [-0.25, -0.2) is 0 Å². The average Bonchev–Trinajstić information content (AvgIpc) is 2.93. The van der Waals surface area contributed by atoms with E-state index in [0.29, 0.717) is 13.1 Å². The van der Waals surface area contributed by atoms with Crippen molar-refractivity contribution in [1.29, 1.82) is 0 Å². The summed E-state index contributed by atoms with van der Waals surface area (Å²) in [6.07, 6.45) is 0. The van der Waals surface area contributed by atoms with Gasteiger partial charge in [0.05, 0.1) is 0 Å². The summed E-state index contributed by atoms with van der Waals surface area (Å²) in [7, 11) is -3.18. The van der Waals surface area contributed by atoms with Crippen LogP contribution in [-0.2, 0) is 0 Å². The van der Waals surface area contributed by atoms with Crippen molar-refractivity contribution in [3.8, 4) is 23.0 Å². The highest BCUT2D eigenvalue weighted by Gasteiger charge is 2.37. The molecule has 0 spiro atoms. The molecule has 0 aliphatic rings. The fourth-order valence-corrected chi connectivity index (χ4v) is 6.34. The summed E-state index contributed by atoms with van der Waals surface area (Å²) in [5.74, 6) is 2.91. The lowest BCUT2D eigenvalue weighted by molar-refractivity contribution is 0.138. The first-order valence-electron chi connectivity index (χ1n) is 11.8. The molecule has 0 aliphatic carbocycles. The molecule has 0 saturated carbocycles. The highest BCUT2D eigenvalue weighted by Crippen LogP contribution is 2.52. The third kappa shape index (κ3) is 7.43. The van der Waals surface area contributed by atoms with E-state index in [2.05, 4.69) is 23.4 Å². The van der Waals surface area contributed by atoms with Crippen LogP contribution >= 0.6 is 17.1 Å². The van der Waals surface area contributed by atoms with Crippen LogP contribution < -0.4 is 18.1 Å². The maximum atomic E-state index is 6.43. The predicted octanol–water partition coefficient (Wildman–Crippen LogP) is 8.32. The van der Waals surface area contributed by atoms with Crippen molar-refractivity contribution in [3.05, 3.63) is 121 Å². The van der Waals surface area contributed by atoms with Crippen molar-refractivity contribution >= 4 is 17.1 Å². The van der Waals surface area contributed by atoms with E-state index in [4.69, 9.17) is 18.1 Å². The quantitative estimate of drug-likeness (QED) is 0.130. The molecule has 36 heavy (non-hydrogen) atoms. The smallest absolute Gasteiger partial charge is 0.399 e. The van der Waals surface area contributed by atoms with E-state index < -0.39 is 17.1 Å². The van der Waals surface area contributed by atoms with Crippen molar-refractivity contribution in [1.82, 2.24) is 9.56 Å². The summed E-state index contributed by atoms with van der Waals surface area (Å²) in [5.41, 5.74) is 0. The second kappa shape index (κ2) is 13.8. The lowest BCUT2D eigenvalue weighted by Gasteiger charge is -2.38. The van der Waals surface area contributed by atoms with E-state index in [9.17, 15) is 0 Å². The van der Waals surface area contributed by atoms with Crippen LogP contribution in [-0.4, -0.2) is 22.6 Å². The van der Waals surface area contributed by atoms with Crippen LogP contribution in [0.2, 0.25) is 0 Å². The van der Waals surface area contributed by atoms with Crippen molar-refractivity contribution < 1.29 is 18.1 Å². The van der Waals surface area contributed by atoms with E-state index in [1.165, 1.54) is 0 Å². The summed E-state index contributed by atoms with van der Waals surface area (Å²) in [6.45, 7) is 5.38. The predicted molar refractivity (Wildman–Crippen MR) is 147 cm³/mol. The first-order chi connectivity index (χ1) is 17.8. The minimum absolute atomic E-state index is 0.619. The summed E-state index contributed by atoms with van der Waals surface area (Å²) in [4.78, 5) is 0. The molecule has 0 atom stereocenters. The van der Waals surface area contributed by atoms with Crippen molar-refractivity contribution in [2.45, 2.75) is 13.8 Å². The number of hydrogen-bond acceptors (Lipinski definition) is 6. The molecule has 0 unspecified atom stereocenters. The van der Waals surface area contributed by atoms with Crippen LogP contribution in [0.25, 0.3) is 0 Å². The molecule has 4 aromatic rings. The maximum absolute atomic E-state index is 6.43. The Bertz CT molecular complexity index is 965. The van der Waals surface area contributed by atoms with Crippen molar-refractivity contribution in [2.24, 2.45) is 0 Å². The number of hydrazine groups is 1. The van der Waals surface area contributed by atoms with Crippen molar-refractivity contribution in [2.75, 3.05) is 13.1 Å². The van der Waals surface area contributed by atoms with Crippen LogP contribution in [0.15, 0.2) is 121 Å². The zero-order valence-electron chi connectivity index (χ0n) is 20.4. The molecule has 0 bridgehead atoms. The molecule has 0 aliphatic heterocycles. The Balaban J connectivity index is 1.66. The summed E-state index contributed by atoms with van der Waals surface area (Å²) in [5, 5.41) is 0. The van der Waals surface area contributed by atoms with Gasteiger partial charge in [0.15, 0.2) is 0 Å². The molecule has 4 aromatic carbocycles. The molecular weight excluding hydrogens is 490 g/mol. The number of rotatable bonds is 13. The molecule has 0 fully saturated rings. The molecule has 186 valence electrons. The number of para-hydroxylation sites is 4. The summed E-state index contributed by atoms with van der Waals surface area (Å²) >= 11 is 0. The lowest BCUT2D eigenvalue weighted by Crippen LogP contribution is -2.39. The minimum atomic E-state index is -1.59. The average molecular weight is 521 g/mol. The Morgan fingerprint density at radius 1 is 0.417 bits per heavy atom. The summed E-state index contributed by atoms with van der Waals surface area (Å²) in [6, 6.07) is 38.9. The Morgan fingerprint density at radius 2 is 0.639 bits per heavy atom. The second-order valence-electron chi connectivity index (χ2n) is 7.47. The van der Waals surface area contributed by atoms with Gasteiger partial charge in [-0.1, -0.05) is 86.6 Å². The SMILES string of the molecule is CCN(N(CC)P(Oc1ccccc1)Oc1ccccc1)P(Oc1ccccc1)Oc1ccccc1. The highest BCUT2D eigenvalue weighted by atomic mass is 31.2. The monoisotopic (exact) mass is 520 g/mol. The third-order valence-corrected chi connectivity index (χ3v) is 8.28. The first kappa shape index (κ1) is 25.9. The van der Waals surface area contributed by atoms with Gasteiger partial charge in [-0.05, 0) is 48.5 Å². The van der Waals surface area contributed by atoms with Crippen LogP contribution in [0.4, 0.5) is 0 Å². The molecular formula is C28H30N2O4P2. The Hall–Kier alpha value is -3.14. The van der Waals surface area contributed by atoms with Crippen LogP contribution in [0.3, 0.4) is 0 Å². The molecule has 8 heteroatoms. The van der Waals surface area contributed by atoms with Gasteiger partial charge >= 0.3 is 17.1 Å². The van der Waals surface area contributed by atoms with Gasteiger partial charge in [0.25, 0.3) is 0 Å². The fourth-order valence-electron chi connectivity index (χ4n) is 3.24. The van der Waals surface area contributed by atoms with Gasteiger partial charge < -0.3 is 18.1 Å². The zero-order valence-corrected chi connectivity index (χ0v) is 22.2. The standard InChI is InChI=1S/C28H30N2O4P2/c1-3-29(35(31-25-17-9-5-10-18-25)32-26-19-11-6-12-20-26)30(4-2)36(33-27-21-13-7-14-22-27)34-28-23-15-8-16-24-28/h5-24H,3-4H2,1-2H3. The first-order valence-corrected chi connectivity index (χ1v) is 14.1. The van der Waals surface area contributed by atoms with Gasteiger partial charge in [-0.2, -0.15) is 0 Å². The van der Waals surface area contributed by atoms with E-state index >= 15 is 0 Å². The van der Waals surface area contributed by atoms with Crippen LogP contribution in [0.1, 0.15) is 13.8 Å². The second-order valence-corrected chi connectivity index (χ2v) is 10.1. The summed E-state index contributed by atoms with van der Waals surface area (Å²) < 4.78 is 29.8. The van der Waals surface area contributed by atoms with Gasteiger partial charge in [-0.3, -0.25) is 0 Å². The minimum Gasteiger partial charge on any atom is -0.426 e. The van der Waals surface area contributed by atoms with Crippen LogP contribution in [0.5, 0.6) is 23.0 Å². The molecule has 0 aromatic heterocycles. The molecule has 0 saturated heterocycles. The number of nitrogens with zero attached hydrogens (tertiary/aromatic N) is 2. The molecule has 4 rings (SSSR count). The van der Waals surface area contributed by atoms with Gasteiger partial charge in [-0.15, -0.1) is 9.56 Å². The van der Waals surface area contributed by atoms with Gasteiger partial charge in [0.2, 0.25) is 0 Å². The van der Waals surface area contributed by atoms with E-state index in [1.54, 1.807) is 0 Å².